The lowest BCUT2D eigenvalue weighted by Gasteiger charge is -2.17. The molecule has 0 unspecified atom stereocenters. The van der Waals surface area contributed by atoms with Crippen molar-refractivity contribution < 1.29 is 9.53 Å². The summed E-state index contributed by atoms with van der Waals surface area (Å²) in [6.45, 7) is 1.47. The summed E-state index contributed by atoms with van der Waals surface area (Å²) in [5, 5.41) is 4.15. The molecule has 4 nitrogen and oxygen atoms in total. The number of hydrogen-bond acceptors (Lipinski definition) is 2. The summed E-state index contributed by atoms with van der Waals surface area (Å²) < 4.78 is 5.64. The molecule has 0 saturated heterocycles. The number of ether oxygens (including phenoxy) is 1. The minimum atomic E-state index is 0.0612. The summed E-state index contributed by atoms with van der Waals surface area (Å²) in [6.07, 6.45) is 5.33. The topological polar surface area (TPSA) is 54.1 Å². The molecular weight excluding hydrogens is 312 g/mol. The number of fused-ring (bicyclic) bond motifs is 2. The van der Waals surface area contributed by atoms with Crippen molar-refractivity contribution in [2.75, 3.05) is 13.2 Å². The van der Waals surface area contributed by atoms with E-state index in [9.17, 15) is 4.79 Å². The maximum Gasteiger partial charge on any atom is 0.224 e. The maximum absolute atomic E-state index is 12.2. The Balaban J connectivity index is 1.32. The van der Waals surface area contributed by atoms with Crippen LogP contribution in [0.5, 0.6) is 5.75 Å². The van der Waals surface area contributed by atoms with Crippen LogP contribution in [-0.4, -0.2) is 24.0 Å². The van der Waals surface area contributed by atoms with Crippen LogP contribution in [0.15, 0.2) is 48.7 Å². The van der Waals surface area contributed by atoms with Crippen LogP contribution in [0.25, 0.3) is 10.9 Å². The van der Waals surface area contributed by atoms with Crippen molar-refractivity contribution in [1.29, 1.82) is 0 Å². The molecule has 1 aliphatic heterocycles. The van der Waals surface area contributed by atoms with E-state index in [0.29, 0.717) is 13.0 Å². The van der Waals surface area contributed by atoms with E-state index in [2.05, 4.69) is 28.5 Å². The number of nitrogens with one attached hydrogen (secondary N) is 2. The zero-order valence-corrected chi connectivity index (χ0v) is 14.2. The van der Waals surface area contributed by atoms with Crippen LogP contribution >= 0.6 is 0 Å². The van der Waals surface area contributed by atoms with Gasteiger partial charge in [0.1, 0.15) is 5.75 Å². The molecule has 0 fully saturated rings. The van der Waals surface area contributed by atoms with Crippen molar-refractivity contribution >= 4 is 16.8 Å². The van der Waals surface area contributed by atoms with Gasteiger partial charge in [-0.15, -0.1) is 0 Å². The van der Waals surface area contributed by atoms with Crippen molar-refractivity contribution in [2.24, 2.45) is 0 Å². The Labute approximate surface area is 147 Å². The Hall–Kier alpha value is -2.75. The SMILES string of the molecule is O=C(Cc1c[nH]c2ccccc12)NCCc1ccc2c(c1)CCCO2. The lowest BCUT2D eigenvalue weighted by molar-refractivity contribution is -0.120. The largest absolute Gasteiger partial charge is 0.493 e. The fraction of sp³-hybridized carbons (Fsp3) is 0.286. The number of benzene rings is 2. The summed E-state index contributed by atoms with van der Waals surface area (Å²) in [4.78, 5) is 15.4. The standard InChI is InChI=1S/C21H22N2O2/c24-21(13-17-14-23-19-6-2-1-5-18(17)19)22-10-9-15-7-8-20-16(12-15)4-3-11-25-20/h1-2,5-8,12,14,23H,3-4,9-11,13H2,(H,22,24). The highest BCUT2D eigenvalue weighted by atomic mass is 16.5. The second-order valence-electron chi connectivity index (χ2n) is 6.53. The Morgan fingerprint density at radius 1 is 1.20 bits per heavy atom. The molecular formula is C21H22N2O2. The molecule has 0 radical (unpaired) electrons. The van der Waals surface area contributed by atoms with Crippen molar-refractivity contribution in [2.45, 2.75) is 25.7 Å². The van der Waals surface area contributed by atoms with Gasteiger partial charge in [-0.2, -0.15) is 0 Å². The van der Waals surface area contributed by atoms with Gasteiger partial charge in [0.25, 0.3) is 0 Å². The molecule has 0 atom stereocenters. The molecule has 1 aromatic heterocycles. The highest BCUT2D eigenvalue weighted by Crippen LogP contribution is 2.25. The Bertz CT molecular complexity index is 898. The molecule has 0 aliphatic carbocycles. The lowest BCUT2D eigenvalue weighted by Crippen LogP contribution is -2.27. The van der Waals surface area contributed by atoms with Gasteiger partial charge in [0.15, 0.2) is 0 Å². The number of aromatic amines is 1. The molecule has 4 rings (SSSR count). The van der Waals surface area contributed by atoms with E-state index >= 15 is 0 Å². The predicted molar refractivity (Wildman–Crippen MR) is 99.0 cm³/mol. The summed E-state index contributed by atoms with van der Waals surface area (Å²) in [7, 11) is 0. The molecule has 2 aromatic carbocycles. The van der Waals surface area contributed by atoms with Crippen LogP contribution < -0.4 is 10.1 Å². The van der Waals surface area contributed by atoms with Gasteiger partial charge in [0.2, 0.25) is 5.91 Å². The summed E-state index contributed by atoms with van der Waals surface area (Å²) in [6, 6.07) is 14.4. The smallest absolute Gasteiger partial charge is 0.224 e. The fourth-order valence-corrected chi connectivity index (χ4v) is 3.43. The molecule has 128 valence electrons. The third-order valence-electron chi connectivity index (χ3n) is 4.73. The van der Waals surface area contributed by atoms with Crippen LogP contribution in [0, 0.1) is 0 Å². The minimum absolute atomic E-state index is 0.0612. The van der Waals surface area contributed by atoms with E-state index in [1.54, 1.807) is 0 Å². The highest BCUT2D eigenvalue weighted by molar-refractivity contribution is 5.88. The van der Waals surface area contributed by atoms with E-state index in [-0.39, 0.29) is 5.91 Å². The summed E-state index contributed by atoms with van der Waals surface area (Å²) in [5.41, 5.74) is 4.64. The average Bonchev–Trinajstić information content (AvgIpc) is 3.05. The third-order valence-corrected chi connectivity index (χ3v) is 4.73. The molecule has 2 heterocycles. The Kier molecular flexibility index (Phi) is 4.42. The number of H-pyrrole nitrogens is 1. The first kappa shape index (κ1) is 15.8. The van der Waals surface area contributed by atoms with Gasteiger partial charge in [-0.05, 0) is 48.1 Å². The van der Waals surface area contributed by atoms with Gasteiger partial charge in [0.05, 0.1) is 13.0 Å². The number of carbonyl (C=O) groups is 1. The van der Waals surface area contributed by atoms with E-state index < -0.39 is 0 Å². The fourth-order valence-electron chi connectivity index (χ4n) is 3.43. The zero-order valence-electron chi connectivity index (χ0n) is 14.2. The van der Waals surface area contributed by atoms with E-state index in [1.165, 1.54) is 11.1 Å². The normalized spacial score (nSPS) is 13.3. The monoisotopic (exact) mass is 334 g/mol. The predicted octanol–water partition coefficient (Wildman–Crippen LogP) is 3.39. The zero-order chi connectivity index (χ0) is 17.1. The number of aromatic nitrogens is 1. The molecule has 0 saturated carbocycles. The lowest BCUT2D eigenvalue weighted by atomic mass is 10.0. The first-order valence-corrected chi connectivity index (χ1v) is 8.86. The van der Waals surface area contributed by atoms with Crippen LogP contribution in [0.4, 0.5) is 0 Å². The van der Waals surface area contributed by atoms with Crippen molar-refractivity contribution in [3.8, 4) is 5.75 Å². The van der Waals surface area contributed by atoms with Crippen LogP contribution in [0.2, 0.25) is 0 Å². The number of hydrogen-bond donors (Lipinski definition) is 2. The third kappa shape index (κ3) is 3.53. The second kappa shape index (κ2) is 7.01. The van der Waals surface area contributed by atoms with E-state index in [0.717, 1.165) is 48.1 Å². The Morgan fingerprint density at radius 3 is 3.08 bits per heavy atom. The second-order valence-corrected chi connectivity index (χ2v) is 6.53. The van der Waals surface area contributed by atoms with Crippen LogP contribution in [0.1, 0.15) is 23.1 Å². The molecule has 1 amide bonds. The molecule has 2 N–H and O–H groups in total. The van der Waals surface area contributed by atoms with Gasteiger partial charge in [-0.3, -0.25) is 4.79 Å². The van der Waals surface area contributed by atoms with Gasteiger partial charge in [-0.25, -0.2) is 0 Å². The molecule has 4 heteroatoms. The molecule has 0 spiro atoms. The first-order valence-electron chi connectivity index (χ1n) is 8.86. The van der Waals surface area contributed by atoms with Crippen LogP contribution in [-0.2, 0) is 24.1 Å². The molecule has 0 bridgehead atoms. The average molecular weight is 334 g/mol. The van der Waals surface area contributed by atoms with Gasteiger partial charge < -0.3 is 15.0 Å². The minimum Gasteiger partial charge on any atom is -0.493 e. The van der Waals surface area contributed by atoms with Crippen molar-refractivity contribution in [3.05, 3.63) is 65.4 Å². The Morgan fingerprint density at radius 2 is 2.12 bits per heavy atom. The number of carbonyl (C=O) groups excluding carboxylic acids is 1. The highest BCUT2D eigenvalue weighted by Gasteiger charge is 2.11. The van der Waals surface area contributed by atoms with Crippen LogP contribution in [0.3, 0.4) is 0 Å². The molecule has 3 aromatic rings. The quantitative estimate of drug-likeness (QED) is 0.751. The molecule has 25 heavy (non-hydrogen) atoms. The summed E-state index contributed by atoms with van der Waals surface area (Å²) >= 11 is 0. The van der Waals surface area contributed by atoms with E-state index in [1.807, 2.05) is 30.5 Å². The van der Waals surface area contributed by atoms with Crippen molar-refractivity contribution in [1.82, 2.24) is 10.3 Å². The van der Waals surface area contributed by atoms with Crippen molar-refractivity contribution in [3.63, 3.8) is 0 Å². The van der Waals surface area contributed by atoms with Gasteiger partial charge in [-0.1, -0.05) is 30.3 Å². The van der Waals surface area contributed by atoms with Gasteiger partial charge >= 0.3 is 0 Å². The number of para-hydroxylation sites is 1. The maximum atomic E-state index is 12.2. The number of aryl methyl sites for hydroxylation is 1. The summed E-state index contributed by atoms with van der Waals surface area (Å²) in [5.74, 6) is 1.07. The van der Waals surface area contributed by atoms with Gasteiger partial charge in [0, 0.05) is 23.6 Å². The van der Waals surface area contributed by atoms with E-state index in [4.69, 9.17) is 4.74 Å². The molecule has 1 aliphatic rings. The first-order chi connectivity index (χ1) is 12.3. The number of amides is 1. The number of rotatable bonds is 5.